The largest absolute Gasteiger partial charge is 0.463 e. The van der Waals surface area contributed by atoms with Crippen LogP contribution in [0.15, 0.2) is 24.4 Å². The third-order valence-electron chi connectivity index (χ3n) is 2.81. The number of carbonyl (C=O) groups is 1. The summed E-state index contributed by atoms with van der Waals surface area (Å²) in [6.45, 7) is 6.08. The summed E-state index contributed by atoms with van der Waals surface area (Å²) in [6.07, 6.45) is 4.86. The van der Waals surface area contributed by atoms with E-state index in [0.29, 0.717) is 6.61 Å². The monoisotopic (exact) mass is 256 g/mol. The fourth-order valence-electron chi connectivity index (χ4n) is 1.83. The van der Waals surface area contributed by atoms with E-state index in [9.17, 15) is 4.79 Å². The van der Waals surface area contributed by atoms with Gasteiger partial charge in [0.2, 0.25) is 0 Å². The number of pyridine rings is 2. The summed E-state index contributed by atoms with van der Waals surface area (Å²) in [5, 5.41) is 1.04. The molecule has 2 heterocycles. The minimum atomic E-state index is -0.355. The molecule has 0 radical (unpaired) electrons. The second-order valence-corrected chi connectivity index (χ2v) is 4.24. The Morgan fingerprint density at radius 2 is 2.16 bits per heavy atom. The van der Waals surface area contributed by atoms with Gasteiger partial charge in [0.15, 0.2) is 0 Å². The maximum Gasteiger partial charge on any atom is 0.330 e. The zero-order valence-electron chi connectivity index (χ0n) is 11.3. The van der Waals surface area contributed by atoms with E-state index in [-0.39, 0.29) is 5.97 Å². The van der Waals surface area contributed by atoms with Gasteiger partial charge in [0.1, 0.15) is 0 Å². The van der Waals surface area contributed by atoms with E-state index >= 15 is 0 Å². The normalized spacial score (nSPS) is 11.1. The van der Waals surface area contributed by atoms with Crippen LogP contribution in [0.25, 0.3) is 17.0 Å². The molecule has 0 aliphatic carbocycles. The van der Waals surface area contributed by atoms with E-state index < -0.39 is 0 Å². The first-order valence-corrected chi connectivity index (χ1v) is 6.19. The lowest BCUT2D eigenvalue weighted by atomic mass is 10.1. The first-order valence-electron chi connectivity index (χ1n) is 6.19. The van der Waals surface area contributed by atoms with Gasteiger partial charge in [-0.25, -0.2) is 9.78 Å². The van der Waals surface area contributed by atoms with Crippen LogP contribution in [0.5, 0.6) is 0 Å². The SMILES string of the molecule is CCOC(=O)C=Cc1ccc2c(C)ncc(C)c2n1. The molecule has 0 atom stereocenters. The molecular weight excluding hydrogens is 240 g/mol. The highest BCUT2D eigenvalue weighted by Crippen LogP contribution is 2.19. The Morgan fingerprint density at radius 3 is 2.89 bits per heavy atom. The molecule has 19 heavy (non-hydrogen) atoms. The number of rotatable bonds is 3. The third-order valence-corrected chi connectivity index (χ3v) is 2.81. The van der Waals surface area contributed by atoms with Crippen molar-refractivity contribution in [2.75, 3.05) is 6.61 Å². The minimum Gasteiger partial charge on any atom is -0.463 e. The number of hydrogen-bond acceptors (Lipinski definition) is 4. The molecule has 0 spiro atoms. The molecule has 2 aromatic heterocycles. The van der Waals surface area contributed by atoms with Crippen molar-refractivity contribution in [1.82, 2.24) is 9.97 Å². The summed E-state index contributed by atoms with van der Waals surface area (Å²) in [5.41, 5.74) is 3.62. The number of nitrogens with zero attached hydrogens (tertiary/aromatic N) is 2. The van der Waals surface area contributed by atoms with Crippen LogP contribution >= 0.6 is 0 Å². The second-order valence-electron chi connectivity index (χ2n) is 4.24. The Balaban J connectivity index is 2.37. The average Bonchev–Trinajstić information content (AvgIpc) is 2.41. The highest BCUT2D eigenvalue weighted by molar-refractivity contribution is 5.88. The van der Waals surface area contributed by atoms with Gasteiger partial charge in [-0.15, -0.1) is 0 Å². The fourth-order valence-corrected chi connectivity index (χ4v) is 1.83. The Labute approximate surface area is 112 Å². The van der Waals surface area contributed by atoms with Crippen LogP contribution in [-0.4, -0.2) is 22.5 Å². The quantitative estimate of drug-likeness (QED) is 0.626. The van der Waals surface area contributed by atoms with Crippen LogP contribution in [0.3, 0.4) is 0 Å². The van der Waals surface area contributed by atoms with Crippen molar-refractivity contribution < 1.29 is 9.53 Å². The smallest absolute Gasteiger partial charge is 0.330 e. The van der Waals surface area contributed by atoms with Crippen LogP contribution in [0.2, 0.25) is 0 Å². The lowest BCUT2D eigenvalue weighted by Crippen LogP contribution is -1.99. The predicted octanol–water partition coefficient (Wildman–Crippen LogP) is 2.82. The molecule has 4 heteroatoms. The predicted molar refractivity (Wildman–Crippen MR) is 74.7 cm³/mol. The van der Waals surface area contributed by atoms with Gasteiger partial charge in [-0.2, -0.15) is 0 Å². The highest BCUT2D eigenvalue weighted by atomic mass is 16.5. The van der Waals surface area contributed by atoms with E-state index in [4.69, 9.17) is 4.74 Å². The molecule has 2 rings (SSSR count). The zero-order chi connectivity index (χ0) is 13.8. The molecule has 0 unspecified atom stereocenters. The summed E-state index contributed by atoms with van der Waals surface area (Å²) in [7, 11) is 0. The molecule has 98 valence electrons. The summed E-state index contributed by atoms with van der Waals surface area (Å²) < 4.78 is 4.83. The van der Waals surface area contributed by atoms with Crippen molar-refractivity contribution in [3.63, 3.8) is 0 Å². The molecular formula is C15H16N2O2. The van der Waals surface area contributed by atoms with Crippen LogP contribution in [0, 0.1) is 13.8 Å². The molecule has 0 amide bonds. The number of carbonyl (C=O) groups excluding carboxylic acids is 1. The molecule has 0 fully saturated rings. The number of aryl methyl sites for hydroxylation is 2. The molecule has 4 nitrogen and oxygen atoms in total. The summed E-state index contributed by atoms with van der Waals surface area (Å²) in [4.78, 5) is 20.1. The summed E-state index contributed by atoms with van der Waals surface area (Å²) >= 11 is 0. The van der Waals surface area contributed by atoms with Gasteiger partial charge in [-0.3, -0.25) is 4.98 Å². The van der Waals surface area contributed by atoms with Gasteiger partial charge < -0.3 is 4.74 Å². The zero-order valence-corrected chi connectivity index (χ0v) is 11.3. The number of hydrogen-bond donors (Lipinski definition) is 0. The Bertz CT molecular complexity index is 648. The molecule has 0 N–H and O–H groups in total. The number of fused-ring (bicyclic) bond motifs is 1. The molecule has 0 bridgehead atoms. The summed E-state index contributed by atoms with van der Waals surface area (Å²) in [6, 6.07) is 3.84. The minimum absolute atomic E-state index is 0.355. The Kier molecular flexibility index (Phi) is 3.90. The third kappa shape index (κ3) is 2.96. The van der Waals surface area contributed by atoms with Gasteiger partial charge >= 0.3 is 5.97 Å². The Morgan fingerprint density at radius 1 is 1.37 bits per heavy atom. The van der Waals surface area contributed by atoms with E-state index in [2.05, 4.69) is 9.97 Å². The maximum atomic E-state index is 11.3. The maximum absolute atomic E-state index is 11.3. The summed E-state index contributed by atoms with van der Waals surface area (Å²) in [5.74, 6) is -0.355. The van der Waals surface area contributed by atoms with Crippen LogP contribution in [-0.2, 0) is 9.53 Å². The van der Waals surface area contributed by atoms with Gasteiger partial charge in [-0.1, -0.05) is 0 Å². The molecule has 0 aromatic carbocycles. The second kappa shape index (κ2) is 5.61. The van der Waals surface area contributed by atoms with Crippen LogP contribution in [0.4, 0.5) is 0 Å². The highest BCUT2D eigenvalue weighted by Gasteiger charge is 2.04. The number of esters is 1. The molecule has 0 saturated carbocycles. The lowest BCUT2D eigenvalue weighted by molar-refractivity contribution is -0.137. The van der Waals surface area contributed by atoms with E-state index in [0.717, 1.165) is 27.9 Å². The topological polar surface area (TPSA) is 52.1 Å². The van der Waals surface area contributed by atoms with Gasteiger partial charge in [0.25, 0.3) is 0 Å². The van der Waals surface area contributed by atoms with E-state index in [1.54, 1.807) is 13.0 Å². The van der Waals surface area contributed by atoms with E-state index in [1.165, 1.54) is 6.08 Å². The van der Waals surface area contributed by atoms with Crippen LogP contribution in [0.1, 0.15) is 23.9 Å². The van der Waals surface area contributed by atoms with Gasteiger partial charge in [-0.05, 0) is 44.5 Å². The number of ether oxygens (including phenoxy) is 1. The van der Waals surface area contributed by atoms with Gasteiger partial charge in [0, 0.05) is 23.4 Å². The molecule has 0 saturated heterocycles. The standard InChI is InChI=1S/C15H16N2O2/c1-4-19-14(18)8-6-12-5-7-13-11(3)16-9-10(2)15(13)17-12/h5-9H,4H2,1-3H3. The van der Waals surface area contributed by atoms with Crippen molar-refractivity contribution in [3.8, 4) is 0 Å². The van der Waals surface area contributed by atoms with Crippen molar-refractivity contribution in [2.45, 2.75) is 20.8 Å². The van der Waals surface area contributed by atoms with Crippen LogP contribution < -0.4 is 0 Å². The number of aromatic nitrogens is 2. The Hall–Kier alpha value is -2.23. The first-order chi connectivity index (χ1) is 9.11. The van der Waals surface area contributed by atoms with Crippen molar-refractivity contribution in [2.24, 2.45) is 0 Å². The first kappa shape index (κ1) is 13.2. The van der Waals surface area contributed by atoms with E-state index in [1.807, 2.05) is 32.2 Å². The lowest BCUT2D eigenvalue weighted by Gasteiger charge is -2.04. The average molecular weight is 256 g/mol. The van der Waals surface area contributed by atoms with Crippen molar-refractivity contribution in [3.05, 3.63) is 41.4 Å². The van der Waals surface area contributed by atoms with Crippen molar-refractivity contribution in [1.29, 1.82) is 0 Å². The molecule has 2 aromatic rings. The van der Waals surface area contributed by atoms with Crippen molar-refractivity contribution >= 4 is 22.9 Å². The fraction of sp³-hybridized carbons (Fsp3) is 0.267. The van der Waals surface area contributed by atoms with Gasteiger partial charge in [0.05, 0.1) is 17.8 Å². The molecule has 0 aliphatic rings. The molecule has 0 aliphatic heterocycles.